The van der Waals surface area contributed by atoms with Crippen LogP contribution in [0.5, 0.6) is 0 Å². The molecule has 1 fully saturated rings. The average molecular weight is 181 g/mol. The van der Waals surface area contributed by atoms with Gasteiger partial charge in [-0.1, -0.05) is 12.8 Å². The fourth-order valence-corrected chi connectivity index (χ4v) is 1.99. The standard InChI is InChI=1S/C9H15N3O/c1-12-10-6-8(11-12)7-4-2-3-5-9(7)13/h6-7,9,13H,2-5H2,1H3/t7-,9+/m0/s1. The van der Waals surface area contributed by atoms with Crippen LogP contribution in [0, 0.1) is 0 Å². The van der Waals surface area contributed by atoms with Gasteiger partial charge in [0, 0.05) is 13.0 Å². The highest BCUT2D eigenvalue weighted by Gasteiger charge is 2.26. The van der Waals surface area contributed by atoms with Gasteiger partial charge < -0.3 is 5.11 Å². The lowest BCUT2D eigenvalue weighted by molar-refractivity contribution is 0.104. The molecule has 1 N–H and O–H groups in total. The molecule has 0 aromatic carbocycles. The Bertz CT molecular complexity index is 284. The average Bonchev–Trinajstić information content (AvgIpc) is 2.53. The van der Waals surface area contributed by atoms with E-state index in [0.717, 1.165) is 25.0 Å². The zero-order valence-electron chi connectivity index (χ0n) is 7.85. The molecular weight excluding hydrogens is 166 g/mol. The van der Waals surface area contributed by atoms with Gasteiger partial charge in [-0.15, -0.1) is 0 Å². The summed E-state index contributed by atoms with van der Waals surface area (Å²) in [5.74, 6) is 0.211. The smallest absolute Gasteiger partial charge is 0.0883 e. The minimum atomic E-state index is -0.217. The first-order valence-electron chi connectivity index (χ1n) is 4.81. The van der Waals surface area contributed by atoms with Crippen LogP contribution in [0.3, 0.4) is 0 Å². The molecule has 0 amide bonds. The van der Waals surface area contributed by atoms with Gasteiger partial charge in [0.05, 0.1) is 18.0 Å². The first kappa shape index (κ1) is 8.69. The van der Waals surface area contributed by atoms with Crippen molar-refractivity contribution in [1.29, 1.82) is 0 Å². The Labute approximate surface area is 77.6 Å². The summed E-state index contributed by atoms with van der Waals surface area (Å²) in [6.45, 7) is 0. The molecule has 2 rings (SSSR count). The van der Waals surface area contributed by atoms with Crippen molar-refractivity contribution in [1.82, 2.24) is 15.0 Å². The van der Waals surface area contributed by atoms with Crippen LogP contribution in [0.1, 0.15) is 37.3 Å². The van der Waals surface area contributed by atoms with Crippen LogP contribution in [-0.2, 0) is 7.05 Å². The molecule has 4 heteroatoms. The van der Waals surface area contributed by atoms with Gasteiger partial charge in [0.15, 0.2) is 0 Å². The number of nitrogens with zero attached hydrogens (tertiary/aromatic N) is 3. The van der Waals surface area contributed by atoms with E-state index in [1.54, 1.807) is 18.0 Å². The van der Waals surface area contributed by atoms with Gasteiger partial charge in [-0.3, -0.25) is 0 Å². The first-order valence-corrected chi connectivity index (χ1v) is 4.81. The molecule has 1 saturated carbocycles. The third-order valence-corrected chi connectivity index (χ3v) is 2.73. The number of hydrogen-bond acceptors (Lipinski definition) is 3. The maximum Gasteiger partial charge on any atom is 0.0883 e. The minimum Gasteiger partial charge on any atom is -0.392 e. The maximum atomic E-state index is 9.75. The number of aliphatic hydroxyl groups is 1. The molecule has 1 aliphatic carbocycles. The number of aromatic nitrogens is 3. The number of aryl methyl sites for hydroxylation is 1. The van der Waals surface area contributed by atoms with Gasteiger partial charge >= 0.3 is 0 Å². The summed E-state index contributed by atoms with van der Waals surface area (Å²) < 4.78 is 0. The summed E-state index contributed by atoms with van der Waals surface area (Å²) >= 11 is 0. The van der Waals surface area contributed by atoms with E-state index in [9.17, 15) is 5.11 Å². The molecule has 0 unspecified atom stereocenters. The van der Waals surface area contributed by atoms with Crippen LogP contribution < -0.4 is 0 Å². The normalized spacial score (nSPS) is 29.1. The Balaban J connectivity index is 2.14. The van der Waals surface area contributed by atoms with Crippen molar-refractivity contribution >= 4 is 0 Å². The SMILES string of the molecule is Cn1ncc([C@@H]2CCCC[C@H]2O)n1. The second kappa shape index (κ2) is 3.46. The quantitative estimate of drug-likeness (QED) is 0.698. The van der Waals surface area contributed by atoms with Crippen LogP contribution in [0.25, 0.3) is 0 Å². The van der Waals surface area contributed by atoms with Crippen molar-refractivity contribution in [2.24, 2.45) is 7.05 Å². The fraction of sp³-hybridized carbons (Fsp3) is 0.778. The lowest BCUT2D eigenvalue weighted by atomic mass is 9.85. The Morgan fingerprint density at radius 1 is 1.46 bits per heavy atom. The monoisotopic (exact) mass is 181 g/mol. The predicted molar refractivity (Wildman–Crippen MR) is 48.2 cm³/mol. The van der Waals surface area contributed by atoms with Crippen molar-refractivity contribution in [3.8, 4) is 0 Å². The molecule has 2 atom stereocenters. The van der Waals surface area contributed by atoms with Gasteiger partial charge in [-0.2, -0.15) is 15.0 Å². The molecule has 72 valence electrons. The zero-order valence-corrected chi connectivity index (χ0v) is 7.85. The van der Waals surface area contributed by atoms with Gasteiger partial charge in [0.25, 0.3) is 0 Å². The number of rotatable bonds is 1. The Morgan fingerprint density at radius 3 is 2.85 bits per heavy atom. The van der Waals surface area contributed by atoms with Gasteiger partial charge in [0.2, 0.25) is 0 Å². The van der Waals surface area contributed by atoms with Gasteiger partial charge in [-0.05, 0) is 12.8 Å². The van der Waals surface area contributed by atoms with E-state index in [2.05, 4.69) is 10.2 Å². The van der Waals surface area contributed by atoms with E-state index in [4.69, 9.17) is 0 Å². The van der Waals surface area contributed by atoms with E-state index in [1.807, 2.05) is 0 Å². The highest BCUT2D eigenvalue weighted by atomic mass is 16.3. The molecule has 0 bridgehead atoms. The lowest BCUT2D eigenvalue weighted by Gasteiger charge is -2.25. The van der Waals surface area contributed by atoms with E-state index in [1.165, 1.54) is 6.42 Å². The highest BCUT2D eigenvalue weighted by Crippen LogP contribution is 2.31. The van der Waals surface area contributed by atoms with E-state index in [0.29, 0.717) is 0 Å². The molecule has 0 radical (unpaired) electrons. The van der Waals surface area contributed by atoms with Crippen LogP contribution in [-0.4, -0.2) is 26.2 Å². The molecule has 0 saturated heterocycles. The molecule has 0 aliphatic heterocycles. The Hall–Kier alpha value is -0.900. The summed E-state index contributed by atoms with van der Waals surface area (Å²) in [5.41, 5.74) is 0.940. The zero-order chi connectivity index (χ0) is 9.26. The molecule has 0 spiro atoms. The maximum absolute atomic E-state index is 9.75. The minimum absolute atomic E-state index is 0.211. The molecule has 1 aromatic rings. The van der Waals surface area contributed by atoms with Gasteiger partial charge in [-0.25, -0.2) is 0 Å². The highest BCUT2D eigenvalue weighted by molar-refractivity contribution is 5.05. The summed E-state index contributed by atoms with van der Waals surface area (Å²) in [6.07, 6.45) is 5.82. The van der Waals surface area contributed by atoms with Crippen molar-refractivity contribution in [3.05, 3.63) is 11.9 Å². The summed E-state index contributed by atoms with van der Waals surface area (Å²) in [7, 11) is 1.80. The summed E-state index contributed by atoms with van der Waals surface area (Å²) in [6, 6.07) is 0. The predicted octanol–water partition coefficient (Wildman–Crippen LogP) is 0.834. The van der Waals surface area contributed by atoms with Crippen molar-refractivity contribution in [2.75, 3.05) is 0 Å². The molecule has 1 heterocycles. The van der Waals surface area contributed by atoms with Crippen molar-refractivity contribution < 1.29 is 5.11 Å². The van der Waals surface area contributed by atoms with Crippen LogP contribution in [0.2, 0.25) is 0 Å². The second-order valence-corrected chi connectivity index (χ2v) is 3.72. The van der Waals surface area contributed by atoms with Gasteiger partial charge in [0.1, 0.15) is 0 Å². The van der Waals surface area contributed by atoms with E-state index in [-0.39, 0.29) is 12.0 Å². The van der Waals surface area contributed by atoms with Crippen molar-refractivity contribution in [3.63, 3.8) is 0 Å². The third-order valence-electron chi connectivity index (χ3n) is 2.73. The number of aliphatic hydroxyl groups excluding tert-OH is 1. The van der Waals surface area contributed by atoms with Crippen molar-refractivity contribution in [2.45, 2.75) is 37.7 Å². The van der Waals surface area contributed by atoms with Crippen LogP contribution in [0.15, 0.2) is 6.20 Å². The van der Waals surface area contributed by atoms with Crippen LogP contribution >= 0.6 is 0 Å². The van der Waals surface area contributed by atoms with E-state index >= 15 is 0 Å². The Morgan fingerprint density at radius 2 is 2.23 bits per heavy atom. The molecule has 1 aliphatic rings. The summed E-state index contributed by atoms with van der Waals surface area (Å²) in [4.78, 5) is 1.55. The Kier molecular flexibility index (Phi) is 2.31. The lowest BCUT2D eigenvalue weighted by Crippen LogP contribution is -2.22. The molecule has 4 nitrogen and oxygen atoms in total. The molecular formula is C9H15N3O. The summed E-state index contributed by atoms with van der Waals surface area (Å²) in [5, 5.41) is 18.0. The molecule has 13 heavy (non-hydrogen) atoms. The first-order chi connectivity index (χ1) is 6.27. The number of hydrogen-bond donors (Lipinski definition) is 1. The van der Waals surface area contributed by atoms with Crippen LogP contribution in [0.4, 0.5) is 0 Å². The second-order valence-electron chi connectivity index (χ2n) is 3.72. The van der Waals surface area contributed by atoms with E-state index < -0.39 is 0 Å². The largest absolute Gasteiger partial charge is 0.392 e. The topological polar surface area (TPSA) is 50.9 Å². The fourth-order valence-electron chi connectivity index (χ4n) is 1.99. The third kappa shape index (κ3) is 1.72. The molecule has 1 aromatic heterocycles.